The SMILES string of the molecule is CCCCC1CCC(n2cc(-c3cncc(NC)c3Cl)c3cc(C#N)c(C)cc32)CC1. The Kier molecular flexibility index (Phi) is 6.53. The van der Waals surface area contributed by atoms with Gasteiger partial charge in [-0.1, -0.05) is 37.8 Å². The van der Waals surface area contributed by atoms with Gasteiger partial charge in [0.25, 0.3) is 0 Å². The van der Waals surface area contributed by atoms with Crippen molar-refractivity contribution in [1.82, 2.24) is 9.55 Å². The molecule has 5 heteroatoms. The van der Waals surface area contributed by atoms with E-state index in [1.54, 1.807) is 6.20 Å². The molecule has 0 bridgehead atoms. The van der Waals surface area contributed by atoms with Crippen LogP contribution in [0.25, 0.3) is 22.0 Å². The molecule has 1 saturated carbocycles. The fourth-order valence-corrected chi connectivity index (χ4v) is 5.34. The van der Waals surface area contributed by atoms with E-state index in [4.69, 9.17) is 11.6 Å². The zero-order valence-electron chi connectivity index (χ0n) is 18.7. The van der Waals surface area contributed by atoms with Gasteiger partial charge in [-0.15, -0.1) is 0 Å². The number of fused-ring (bicyclic) bond motifs is 1. The van der Waals surface area contributed by atoms with E-state index >= 15 is 0 Å². The zero-order chi connectivity index (χ0) is 22.0. The quantitative estimate of drug-likeness (QED) is 0.436. The molecule has 3 aromatic rings. The number of nitrogens with one attached hydrogen (secondary N) is 1. The lowest BCUT2D eigenvalue weighted by molar-refractivity contribution is 0.264. The molecule has 0 unspecified atom stereocenters. The summed E-state index contributed by atoms with van der Waals surface area (Å²) in [4.78, 5) is 4.40. The number of benzene rings is 1. The first kappa shape index (κ1) is 21.7. The van der Waals surface area contributed by atoms with Gasteiger partial charge in [0, 0.05) is 47.5 Å². The van der Waals surface area contributed by atoms with Crippen molar-refractivity contribution < 1.29 is 0 Å². The molecular weight excluding hydrogens is 404 g/mol. The lowest BCUT2D eigenvalue weighted by Crippen LogP contribution is -2.17. The van der Waals surface area contributed by atoms with Crippen LogP contribution < -0.4 is 5.32 Å². The Labute approximate surface area is 190 Å². The zero-order valence-corrected chi connectivity index (χ0v) is 19.5. The molecule has 0 aliphatic heterocycles. The summed E-state index contributed by atoms with van der Waals surface area (Å²) in [5.41, 5.74) is 5.68. The van der Waals surface area contributed by atoms with Gasteiger partial charge >= 0.3 is 0 Å². The Morgan fingerprint density at radius 3 is 2.65 bits per heavy atom. The Morgan fingerprint density at radius 2 is 1.97 bits per heavy atom. The van der Waals surface area contributed by atoms with Crippen LogP contribution in [-0.2, 0) is 0 Å². The Hall–Kier alpha value is -2.51. The first-order chi connectivity index (χ1) is 15.1. The van der Waals surface area contributed by atoms with Gasteiger partial charge in [0.1, 0.15) is 0 Å². The fraction of sp³-hybridized carbons (Fsp3) is 0.462. The Morgan fingerprint density at radius 1 is 1.19 bits per heavy atom. The van der Waals surface area contributed by atoms with Crippen LogP contribution >= 0.6 is 11.6 Å². The maximum atomic E-state index is 9.63. The number of halogens is 1. The van der Waals surface area contributed by atoms with E-state index in [1.807, 2.05) is 26.2 Å². The molecule has 4 nitrogen and oxygen atoms in total. The molecule has 1 aliphatic rings. The van der Waals surface area contributed by atoms with Crippen LogP contribution in [0.2, 0.25) is 5.02 Å². The van der Waals surface area contributed by atoms with Crippen molar-refractivity contribution in [3.63, 3.8) is 0 Å². The molecule has 0 atom stereocenters. The van der Waals surface area contributed by atoms with Gasteiger partial charge in [0.2, 0.25) is 0 Å². The summed E-state index contributed by atoms with van der Waals surface area (Å²) in [5.74, 6) is 0.871. The maximum absolute atomic E-state index is 9.63. The second kappa shape index (κ2) is 9.32. The topological polar surface area (TPSA) is 53.6 Å². The third kappa shape index (κ3) is 4.16. The number of rotatable bonds is 6. The number of nitrogens with zero attached hydrogens (tertiary/aromatic N) is 3. The fourth-order valence-electron chi connectivity index (χ4n) is 5.05. The van der Waals surface area contributed by atoms with Crippen LogP contribution in [0.1, 0.15) is 69.0 Å². The van der Waals surface area contributed by atoms with Crippen LogP contribution in [0, 0.1) is 24.2 Å². The smallest absolute Gasteiger partial charge is 0.0994 e. The van der Waals surface area contributed by atoms with Crippen molar-refractivity contribution in [2.75, 3.05) is 12.4 Å². The van der Waals surface area contributed by atoms with Gasteiger partial charge in [0.15, 0.2) is 0 Å². The largest absolute Gasteiger partial charge is 0.386 e. The van der Waals surface area contributed by atoms with Crippen molar-refractivity contribution in [3.8, 4) is 17.2 Å². The molecule has 0 amide bonds. The van der Waals surface area contributed by atoms with E-state index in [0.29, 0.717) is 16.6 Å². The number of hydrogen-bond acceptors (Lipinski definition) is 3. The van der Waals surface area contributed by atoms with E-state index in [1.165, 1.54) is 50.5 Å². The first-order valence-electron chi connectivity index (χ1n) is 11.4. The minimum absolute atomic E-state index is 0.487. The van der Waals surface area contributed by atoms with E-state index in [2.05, 4.69) is 40.1 Å². The first-order valence-corrected chi connectivity index (χ1v) is 11.8. The number of unbranched alkanes of at least 4 members (excludes halogenated alkanes) is 1. The van der Waals surface area contributed by atoms with E-state index in [0.717, 1.165) is 33.7 Å². The van der Waals surface area contributed by atoms with Gasteiger partial charge in [-0.05, 0) is 56.2 Å². The average Bonchev–Trinajstić information content (AvgIpc) is 3.15. The van der Waals surface area contributed by atoms with Crippen molar-refractivity contribution in [2.24, 2.45) is 5.92 Å². The van der Waals surface area contributed by atoms with Crippen molar-refractivity contribution in [3.05, 3.63) is 46.9 Å². The number of nitriles is 1. The number of pyridine rings is 1. The molecular formula is C26H31ClN4. The maximum Gasteiger partial charge on any atom is 0.0994 e. The highest BCUT2D eigenvalue weighted by atomic mass is 35.5. The highest BCUT2D eigenvalue weighted by Gasteiger charge is 2.25. The van der Waals surface area contributed by atoms with E-state index < -0.39 is 0 Å². The number of aromatic nitrogens is 2. The normalized spacial score (nSPS) is 18.8. The van der Waals surface area contributed by atoms with E-state index in [-0.39, 0.29) is 0 Å². The summed E-state index contributed by atoms with van der Waals surface area (Å²) in [6, 6.07) is 7.02. The summed E-state index contributed by atoms with van der Waals surface area (Å²) in [7, 11) is 1.85. The van der Waals surface area contributed by atoms with Crippen LogP contribution in [0.15, 0.2) is 30.7 Å². The molecule has 2 aromatic heterocycles. The standard InChI is InChI=1S/C26H31ClN4/c1-4-5-6-18-7-9-20(10-8-18)31-16-23(22-14-30-15-24(29-3)26(22)27)21-12-19(13-28)17(2)11-25(21)31/h11-12,14-16,18,20,29H,4-10H2,1-3H3. The van der Waals surface area contributed by atoms with Gasteiger partial charge in [-0.25, -0.2) is 0 Å². The van der Waals surface area contributed by atoms with Gasteiger partial charge < -0.3 is 9.88 Å². The summed E-state index contributed by atoms with van der Waals surface area (Å²) in [6.45, 7) is 4.30. The van der Waals surface area contributed by atoms with E-state index in [9.17, 15) is 5.26 Å². The lowest BCUT2D eigenvalue weighted by Gasteiger charge is -2.30. The van der Waals surface area contributed by atoms with Gasteiger partial charge in [0.05, 0.1) is 28.5 Å². The number of hydrogen-bond donors (Lipinski definition) is 1. The molecule has 4 rings (SSSR count). The molecule has 1 N–H and O–H groups in total. The number of aryl methyl sites for hydroxylation is 1. The molecule has 0 saturated heterocycles. The van der Waals surface area contributed by atoms with Crippen LogP contribution in [-0.4, -0.2) is 16.6 Å². The monoisotopic (exact) mass is 434 g/mol. The highest BCUT2D eigenvalue weighted by molar-refractivity contribution is 6.36. The molecule has 31 heavy (non-hydrogen) atoms. The highest BCUT2D eigenvalue weighted by Crippen LogP contribution is 2.42. The molecule has 2 heterocycles. The predicted molar refractivity (Wildman–Crippen MR) is 130 cm³/mol. The van der Waals surface area contributed by atoms with Crippen LogP contribution in [0.5, 0.6) is 0 Å². The second-order valence-corrected chi connectivity index (χ2v) is 9.24. The van der Waals surface area contributed by atoms with Crippen LogP contribution in [0.3, 0.4) is 0 Å². The molecule has 0 radical (unpaired) electrons. The summed E-state index contributed by atoms with van der Waals surface area (Å²) in [6.07, 6.45) is 14.8. The molecule has 1 fully saturated rings. The summed E-state index contributed by atoms with van der Waals surface area (Å²) >= 11 is 6.73. The third-order valence-corrected chi connectivity index (χ3v) is 7.32. The third-order valence-electron chi connectivity index (χ3n) is 6.91. The molecule has 162 valence electrons. The van der Waals surface area contributed by atoms with Gasteiger partial charge in [-0.3, -0.25) is 4.98 Å². The number of anilines is 1. The molecule has 0 spiro atoms. The van der Waals surface area contributed by atoms with Crippen molar-refractivity contribution in [1.29, 1.82) is 5.26 Å². The second-order valence-electron chi connectivity index (χ2n) is 8.86. The summed E-state index contributed by atoms with van der Waals surface area (Å²) in [5, 5.41) is 14.5. The lowest BCUT2D eigenvalue weighted by atomic mass is 9.83. The minimum atomic E-state index is 0.487. The van der Waals surface area contributed by atoms with Crippen molar-refractivity contribution >= 4 is 28.2 Å². The Balaban J connectivity index is 1.79. The van der Waals surface area contributed by atoms with Gasteiger partial charge in [-0.2, -0.15) is 5.26 Å². The van der Waals surface area contributed by atoms with Crippen molar-refractivity contribution in [2.45, 2.75) is 64.8 Å². The molecule has 1 aliphatic carbocycles. The summed E-state index contributed by atoms with van der Waals surface area (Å²) < 4.78 is 2.44. The average molecular weight is 435 g/mol. The predicted octanol–water partition coefficient (Wildman–Crippen LogP) is 7.50. The Bertz CT molecular complexity index is 1120. The minimum Gasteiger partial charge on any atom is -0.386 e. The van der Waals surface area contributed by atoms with Crippen LogP contribution in [0.4, 0.5) is 5.69 Å². The molecule has 1 aromatic carbocycles.